The summed E-state index contributed by atoms with van der Waals surface area (Å²) in [6.07, 6.45) is 1.13. The van der Waals surface area contributed by atoms with Crippen molar-refractivity contribution < 1.29 is 27.9 Å². The van der Waals surface area contributed by atoms with E-state index in [2.05, 4.69) is 20.6 Å². The van der Waals surface area contributed by atoms with Gasteiger partial charge in [-0.15, -0.1) is 0 Å². The first kappa shape index (κ1) is 27.3. The number of rotatable bonds is 8. The minimum Gasteiger partial charge on any atom is -0.481 e. The fourth-order valence-electron chi connectivity index (χ4n) is 4.08. The Morgan fingerprint density at radius 3 is 2.54 bits per heavy atom. The van der Waals surface area contributed by atoms with Crippen molar-refractivity contribution >= 4 is 34.8 Å². The predicted molar refractivity (Wildman–Crippen MR) is 140 cm³/mol. The van der Waals surface area contributed by atoms with Gasteiger partial charge in [-0.05, 0) is 61.4 Å². The van der Waals surface area contributed by atoms with Gasteiger partial charge in [0.2, 0.25) is 0 Å². The number of nitrogens with zero attached hydrogens (tertiary/aromatic N) is 3. The monoisotopic (exact) mass is 538 g/mol. The zero-order chi connectivity index (χ0) is 28.0. The number of aromatic nitrogens is 2. The van der Waals surface area contributed by atoms with Crippen molar-refractivity contribution in [3.05, 3.63) is 90.0 Å². The number of halogens is 3. The van der Waals surface area contributed by atoms with Crippen LogP contribution in [0, 0.1) is 11.3 Å². The average molecular weight is 539 g/mol. The van der Waals surface area contributed by atoms with Crippen LogP contribution in [0.2, 0.25) is 0 Å². The topological polar surface area (TPSA) is 131 Å². The van der Waals surface area contributed by atoms with E-state index < -0.39 is 29.7 Å². The van der Waals surface area contributed by atoms with E-state index in [0.29, 0.717) is 31.1 Å². The van der Waals surface area contributed by atoms with Crippen LogP contribution < -0.4 is 15.5 Å². The molecule has 3 heterocycles. The van der Waals surface area contributed by atoms with Gasteiger partial charge in [-0.25, -0.2) is 4.98 Å². The molecule has 1 amide bonds. The number of carbonyl (C=O) groups excluding carboxylic acids is 1. The number of piperidine rings is 1. The highest BCUT2D eigenvalue weighted by Crippen LogP contribution is 2.28. The van der Waals surface area contributed by atoms with Gasteiger partial charge in [0, 0.05) is 42.3 Å². The number of amides is 1. The van der Waals surface area contributed by atoms with Crippen LogP contribution in [0.15, 0.2) is 78.9 Å². The molecule has 1 aromatic carbocycles. The van der Waals surface area contributed by atoms with Crippen molar-refractivity contribution in [1.29, 1.82) is 5.41 Å². The summed E-state index contributed by atoms with van der Waals surface area (Å²) in [6, 6.07) is 12.4. The first-order chi connectivity index (χ1) is 18.6. The van der Waals surface area contributed by atoms with Crippen LogP contribution in [0.5, 0.6) is 0 Å². The van der Waals surface area contributed by atoms with Gasteiger partial charge in [0.1, 0.15) is 11.5 Å². The lowest BCUT2D eigenvalue weighted by Crippen LogP contribution is -2.38. The molecule has 1 atom stereocenters. The summed E-state index contributed by atoms with van der Waals surface area (Å²) in [7, 11) is 0. The Morgan fingerprint density at radius 1 is 1.08 bits per heavy atom. The molecule has 1 unspecified atom stereocenters. The molecule has 4 rings (SSSR count). The molecule has 9 nitrogen and oxygen atoms in total. The third-order valence-corrected chi connectivity index (χ3v) is 6.09. The molecule has 0 saturated carbocycles. The molecule has 12 heteroatoms. The van der Waals surface area contributed by atoms with Crippen molar-refractivity contribution in [2.45, 2.75) is 19.0 Å². The number of pyridine rings is 2. The lowest BCUT2D eigenvalue weighted by atomic mass is 9.97. The average Bonchev–Trinajstić information content (AvgIpc) is 2.93. The maximum absolute atomic E-state index is 13.6. The lowest BCUT2D eigenvalue weighted by molar-refractivity contribution is -0.141. The number of nitrogens with one attached hydrogen (secondary N) is 3. The molecule has 1 fully saturated rings. The van der Waals surface area contributed by atoms with Crippen LogP contribution in [-0.4, -0.2) is 51.9 Å². The molecule has 202 valence electrons. The van der Waals surface area contributed by atoms with Gasteiger partial charge in [0.15, 0.2) is 0 Å². The summed E-state index contributed by atoms with van der Waals surface area (Å²) < 4.78 is 40.8. The summed E-state index contributed by atoms with van der Waals surface area (Å²) in [5.74, 6) is -1.67. The molecule has 2 aromatic heterocycles. The molecule has 0 spiro atoms. The number of benzene rings is 1. The van der Waals surface area contributed by atoms with Crippen LogP contribution in [0.1, 0.15) is 28.8 Å². The van der Waals surface area contributed by atoms with Gasteiger partial charge in [-0.3, -0.25) is 14.6 Å². The summed E-state index contributed by atoms with van der Waals surface area (Å²) in [4.78, 5) is 34.0. The number of carboxylic acids is 1. The Kier molecular flexibility index (Phi) is 8.23. The highest BCUT2D eigenvalue weighted by molar-refractivity contribution is 6.07. The molecule has 0 aliphatic carbocycles. The second-order valence-corrected chi connectivity index (χ2v) is 8.90. The van der Waals surface area contributed by atoms with E-state index in [1.165, 1.54) is 36.7 Å². The van der Waals surface area contributed by atoms with Gasteiger partial charge >= 0.3 is 12.1 Å². The largest absolute Gasteiger partial charge is 0.481 e. The Hall–Kier alpha value is -4.74. The Bertz CT molecular complexity index is 1380. The summed E-state index contributed by atoms with van der Waals surface area (Å²) in [6.45, 7) is 1.04. The fourth-order valence-corrected chi connectivity index (χ4v) is 4.08. The van der Waals surface area contributed by atoms with Crippen LogP contribution in [0.4, 0.5) is 30.4 Å². The highest BCUT2D eigenvalue weighted by Gasteiger charge is 2.34. The Labute approximate surface area is 221 Å². The quantitative estimate of drug-likeness (QED) is 0.298. The number of carbonyl (C=O) groups is 2. The first-order valence-electron chi connectivity index (χ1n) is 12.0. The first-order valence-corrected chi connectivity index (χ1v) is 12.0. The SMILES string of the molecule is N=C(/C=C(\Nc1ccc(NC(=O)c2cccc(N3CCCC(C(=O)O)C3)c2)nc1)C(F)(F)F)c1cccnc1. The minimum atomic E-state index is -4.76. The second-order valence-electron chi connectivity index (χ2n) is 8.90. The number of hydrogen-bond acceptors (Lipinski definition) is 7. The van der Waals surface area contributed by atoms with E-state index in [9.17, 15) is 27.9 Å². The van der Waals surface area contributed by atoms with E-state index in [1.807, 2.05) is 4.90 Å². The standard InChI is InChI=1S/C27H25F3N6O3/c28-27(29,30)23(13-22(31)18-5-2-10-32-14-18)34-20-8-9-24(33-15-20)35-25(37)17-4-1-7-21(12-17)36-11-3-6-19(16-36)26(38)39/h1-2,4-5,7-10,12-15,19,31,34H,3,6,11,16H2,(H,38,39)(H,33,35,37)/b23-13-,31-22?. The van der Waals surface area contributed by atoms with E-state index >= 15 is 0 Å². The van der Waals surface area contributed by atoms with Crippen LogP contribution in [-0.2, 0) is 4.79 Å². The molecule has 4 N–H and O–H groups in total. The van der Waals surface area contributed by atoms with E-state index in [4.69, 9.17) is 5.41 Å². The summed E-state index contributed by atoms with van der Waals surface area (Å²) in [5, 5.41) is 22.1. The van der Waals surface area contributed by atoms with Crippen molar-refractivity contribution in [2.24, 2.45) is 5.92 Å². The van der Waals surface area contributed by atoms with E-state index in [1.54, 1.807) is 24.3 Å². The van der Waals surface area contributed by atoms with Gasteiger partial charge in [-0.1, -0.05) is 6.07 Å². The van der Waals surface area contributed by atoms with Crippen LogP contribution in [0.25, 0.3) is 0 Å². The maximum Gasteiger partial charge on any atom is 0.431 e. The molecule has 3 aromatic rings. The van der Waals surface area contributed by atoms with Gasteiger partial charge < -0.3 is 26.0 Å². The molecule has 1 aliphatic rings. The normalized spacial score (nSPS) is 15.9. The fraction of sp³-hybridized carbons (Fsp3) is 0.222. The van der Waals surface area contributed by atoms with Gasteiger partial charge in [0.25, 0.3) is 5.91 Å². The van der Waals surface area contributed by atoms with Gasteiger partial charge in [-0.2, -0.15) is 13.2 Å². The third kappa shape index (κ3) is 7.18. The minimum absolute atomic E-state index is 0.00985. The van der Waals surface area contributed by atoms with Crippen LogP contribution >= 0.6 is 0 Å². The number of alkyl halides is 3. The summed E-state index contributed by atoms with van der Waals surface area (Å²) in [5.41, 5.74) is -0.242. The van der Waals surface area contributed by atoms with Crippen molar-refractivity contribution in [3.8, 4) is 0 Å². The zero-order valence-electron chi connectivity index (χ0n) is 20.6. The molecule has 1 aliphatic heterocycles. The zero-order valence-corrected chi connectivity index (χ0v) is 20.6. The third-order valence-electron chi connectivity index (χ3n) is 6.09. The van der Waals surface area contributed by atoms with Crippen molar-refractivity contribution in [2.75, 3.05) is 28.6 Å². The summed E-state index contributed by atoms with van der Waals surface area (Å²) >= 11 is 0. The second kappa shape index (κ2) is 11.8. The van der Waals surface area contributed by atoms with Crippen molar-refractivity contribution in [3.63, 3.8) is 0 Å². The molecular formula is C27H25F3N6O3. The smallest absolute Gasteiger partial charge is 0.431 e. The van der Waals surface area contributed by atoms with E-state index in [-0.39, 0.29) is 22.8 Å². The number of hydrogen-bond donors (Lipinski definition) is 4. The number of anilines is 3. The van der Waals surface area contributed by atoms with E-state index in [0.717, 1.165) is 18.3 Å². The van der Waals surface area contributed by atoms with Crippen LogP contribution in [0.3, 0.4) is 0 Å². The molecular weight excluding hydrogens is 513 g/mol. The highest BCUT2D eigenvalue weighted by atomic mass is 19.4. The molecule has 0 radical (unpaired) electrons. The number of aliphatic carboxylic acids is 1. The predicted octanol–water partition coefficient (Wildman–Crippen LogP) is 4.96. The number of allylic oxidation sites excluding steroid dienone is 2. The number of carboxylic acid groups (broad SMARTS) is 1. The Morgan fingerprint density at radius 2 is 1.87 bits per heavy atom. The molecule has 1 saturated heterocycles. The van der Waals surface area contributed by atoms with Gasteiger partial charge in [0.05, 0.1) is 23.5 Å². The maximum atomic E-state index is 13.6. The molecule has 39 heavy (non-hydrogen) atoms. The Balaban J connectivity index is 1.43. The lowest BCUT2D eigenvalue weighted by Gasteiger charge is -2.32. The van der Waals surface area contributed by atoms with Crippen molar-refractivity contribution in [1.82, 2.24) is 9.97 Å². The molecule has 0 bridgehead atoms.